The number of piperazine rings is 1. The number of nitrogens with zero attached hydrogens (tertiary/aromatic N) is 4. The summed E-state index contributed by atoms with van der Waals surface area (Å²) >= 11 is 0. The highest BCUT2D eigenvalue weighted by atomic mass is 15.2. The molecule has 0 unspecified atom stereocenters. The van der Waals surface area contributed by atoms with E-state index in [-0.39, 0.29) is 0 Å². The van der Waals surface area contributed by atoms with Gasteiger partial charge in [-0.1, -0.05) is 30.3 Å². The highest BCUT2D eigenvalue weighted by molar-refractivity contribution is 5.61. The Kier molecular flexibility index (Phi) is 3.57. The second kappa shape index (κ2) is 5.68. The monoisotopic (exact) mass is 265 g/mol. The Hall–Kier alpha value is -2.45. The standard InChI is InChI=1S/C15H15N5/c16-10-13-11-18-14(12-4-2-1-3-5-12)19-15(13)20-8-6-17-7-9-20/h1-5,11,17H,6-9H2. The highest BCUT2D eigenvalue weighted by Crippen LogP contribution is 2.21. The second-order valence-corrected chi connectivity index (χ2v) is 4.65. The molecule has 1 aliphatic rings. The molecule has 2 heterocycles. The van der Waals surface area contributed by atoms with Gasteiger partial charge in [-0.25, -0.2) is 9.97 Å². The fourth-order valence-electron chi connectivity index (χ4n) is 2.30. The predicted molar refractivity (Wildman–Crippen MR) is 77.3 cm³/mol. The molecular formula is C15H15N5. The molecule has 5 heteroatoms. The van der Waals surface area contributed by atoms with Gasteiger partial charge in [0.1, 0.15) is 11.6 Å². The van der Waals surface area contributed by atoms with E-state index in [0.717, 1.165) is 37.6 Å². The Balaban J connectivity index is 2.01. The number of benzene rings is 1. The van der Waals surface area contributed by atoms with E-state index in [4.69, 9.17) is 0 Å². The summed E-state index contributed by atoms with van der Waals surface area (Å²) in [5.74, 6) is 1.40. The number of aromatic nitrogens is 2. The Morgan fingerprint density at radius 1 is 1.15 bits per heavy atom. The van der Waals surface area contributed by atoms with Crippen LogP contribution in [0.1, 0.15) is 5.56 Å². The van der Waals surface area contributed by atoms with Gasteiger partial charge in [0.05, 0.1) is 6.20 Å². The van der Waals surface area contributed by atoms with Gasteiger partial charge in [0.25, 0.3) is 0 Å². The van der Waals surface area contributed by atoms with Gasteiger partial charge in [-0.2, -0.15) is 5.26 Å². The summed E-state index contributed by atoms with van der Waals surface area (Å²) in [5.41, 5.74) is 1.50. The first-order chi connectivity index (χ1) is 9.88. The largest absolute Gasteiger partial charge is 0.353 e. The third-order valence-electron chi connectivity index (χ3n) is 3.34. The number of hydrogen-bond donors (Lipinski definition) is 1. The Bertz CT molecular complexity index is 626. The van der Waals surface area contributed by atoms with Gasteiger partial charge < -0.3 is 10.2 Å². The van der Waals surface area contributed by atoms with Crippen LogP contribution >= 0.6 is 0 Å². The molecule has 1 saturated heterocycles. The van der Waals surface area contributed by atoms with Crippen LogP contribution < -0.4 is 10.2 Å². The number of nitriles is 1. The van der Waals surface area contributed by atoms with Gasteiger partial charge in [-0.15, -0.1) is 0 Å². The van der Waals surface area contributed by atoms with Gasteiger partial charge in [0, 0.05) is 31.7 Å². The normalized spacial score (nSPS) is 14.8. The third-order valence-corrected chi connectivity index (χ3v) is 3.34. The van der Waals surface area contributed by atoms with Gasteiger partial charge >= 0.3 is 0 Å². The summed E-state index contributed by atoms with van der Waals surface area (Å²) < 4.78 is 0. The van der Waals surface area contributed by atoms with Gasteiger partial charge in [0.15, 0.2) is 11.6 Å². The van der Waals surface area contributed by atoms with E-state index in [1.165, 1.54) is 0 Å². The van der Waals surface area contributed by atoms with Gasteiger partial charge in [-0.3, -0.25) is 0 Å². The second-order valence-electron chi connectivity index (χ2n) is 4.65. The maximum atomic E-state index is 9.24. The van der Waals surface area contributed by atoms with Gasteiger partial charge in [0.2, 0.25) is 0 Å². The molecule has 20 heavy (non-hydrogen) atoms. The molecule has 1 fully saturated rings. The van der Waals surface area contributed by atoms with Crippen LogP contribution in [0.4, 0.5) is 5.82 Å². The van der Waals surface area contributed by atoms with Crippen molar-refractivity contribution in [3.63, 3.8) is 0 Å². The number of hydrogen-bond acceptors (Lipinski definition) is 5. The zero-order chi connectivity index (χ0) is 13.8. The van der Waals surface area contributed by atoms with E-state index in [9.17, 15) is 5.26 Å². The minimum Gasteiger partial charge on any atom is -0.353 e. The maximum absolute atomic E-state index is 9.24. The lowest BCUT2D eigenvalue weighted by atomic mass is 10.2. The minimum absolute atomic E-state index is 0.534. The van der Waals surface area contributed by atoms with E-state index < -0.39 is 0 Å². The van der Waals surface area contributed by atoms with E-state index in [2.05, 4.69) is 26.3 Å². The van der Waals surface area contributed by atoms with Crippen molar-refractivity contribution in [2.24, 2.45) is 0 Å². The highest BCUT2D eigenvalue weighted by Gasteiger charge is 2.17. The molecule has 1 aromatic heterocycles. The first-order valence-corrected chi connectivity index (χ1v) is 6.67. The first-order valence-electron chi connectivity index (χ1n) is 6.67. The van der Waals surface area contributed by atoms with Crippen LogP contribution in [0.25, 0.3) is 11.4 Å². The molecule has 0 radical (unpaired) electrons. The third kappa shape index (κ3) is 2.46. The van der Waals surface area contributed by atoms with Crippen LogP contribution in [0.15, 0.2) is 36.5 Å². The van der Waals surface area contributed by atoms with Crippen molar-refractivity contribution in [3.05, 3.63) is 42.1 Å². The number of rotatable bonds is 2. The summed E-state index contributed by atoms with van der Waals surface area (Å²) in [4.78, 5) is 11.0. The van der Waals surface area contributed by atoms with Crippen molar-refractivity contribution in [3.8, 4) is 17.5 Å². The Morgan fingerprint density at radius 2 is 1.90 bits per heavy atom. The molecule has 1 aromatic carbocycles. The SMILES string of the molecule is N#Cc1cnc(-c2ccccc2)nc1N1CCNCC1. The fourth-order valence-corrected chi connectivity index (χ4v) is 2.30. The Morgan fingerprint density at radius 3 is 2.60 bits per heavy atom. The molecule has 0 atom stereocenters. The summed E-state index contributed by atoms with van der Waals surface area (Å²) in [6.45, 7) is 3.55. The summed E-state index contributed by atoms with van der Waals surface area (Å²) in [6, 6.07) is 12.0. The molecule has 0 saturated carbocycles. The summed E-state index contributed by atoms with van der Waals surface area (Å²) in [7, 11) is 0. The van der Waals surface area contributed by atoms with E-state index >= 15 is 0 Å². The van der Waals surface area contributed by atoms with Crippen LogP contribution in [0.2, 0.25) is 0 Å². The topological polar surface area (TPSA) is 64.8 Å². The molecule has 1 N–H and O–H groups in total. The molecule has 0 aliphatic carbocycles. The zero-order valence-electron chi connectivity index (χ0n) is 11.1. The quantitative estimate of drug-likeness (QED) is 0.889. The Labute approximate surface area is 117 Å². The van der Waals surface area contributed by atoms with Crippen LogP contribution in [0.5, 0.6) is 0 Å². The summed E-state index contributed by atoms with van der Waals surface area (Å²) in [5, 5.41) is 12.5. The number of nitrogens with one attached hydrogen (secondary N) is 1. The van der Waals surface area contributed by atoms with Crippen LogP contribution in [0, 0.1) is 11.3 Å². The molecule has 0 bridgehead atoms. The lowest BCUT2D eigenvalue weighted by Gasteiger charge is -2.29. The average Bonchev–Trinajstić information content (AvgIpc) is 2.56. The first kappa shape index (κ1) is 12.6. The number of anilines is 1. The van der Waals surface area contributed by atoms with Crippen LogP contribution in [-0.2, 0) is 0 Å². The van der Waals surface area contributed by atoms with E-state index in [1.807, 2.05) is 30.3 Å². The van der Waals surface area contributed by atoms with Crippen LogP contribution in [0.3, 0.4) is 0 Å². The van der Waals surface area contributed by atoms with Crippen molar-refractivity contribution in [1.82, 2.24) is 15.3 Å². The van der Waals surface area contributed by atoms with Crippen molar-refractivity contribution in [2.45, 2.75) is 0 Å². The van der Waals surface area contributed by atoms with Crippen LogP contribution in [-0.4, -0.2) is 36.1 Å². The van der Waals surface area contributed by atoms with Crippen molar-refractivity contribution in [1.29, 1.82) is 5.26 Å². The maximum Gasteiger partial charge on any atom is 0.161 e. The molecule has 0 amide bonds. The molecule has 2 aromatic rings. The predicted octanol–water partition coefficient (Wildman–Crippen LogP) is 1.42. The molecular weight excluding hydrogens is 250 g/mol. The van der Waals surface area contributed by atoms with Gasteiger partial charge in [-0.05, 0) is 0 Å². The average molecular weight is 265 g/mol. The van der Waals surface area contributed by atoms with E-state index in [1.54, 1.807) is 6.20 Å². The zero-order valence-corrected chi connectivity index (χ0v) is 11.1. The summed E-state index contributed by atoms with van der Waals surface area (Å²) in [6.07, 6.45) is 1.62. The molecule has 100 valence electrons. The molecule has 5 nitrogen and oxygen atoms in total. The fraction of sp³-hybridized carbons (Fsp3) is 0.267. The molecule has 1 aliphatic heterocycles. The minimum atomic E-state index is 0.534. The molecule has 3 rings (SSSR count). The lowest BCUT2D eigenvalue weighted by Crippen LogP contribution is -2.44. The van der Waals surface area contributed by atoms with Crippen molar-refractivity contribution >= 4 is 5.82 Å². The van der Waals surface area contributed by atoms with Crippen molar-refractivity contribution < 1.29 is 0 Å². The molecule has 0 spiro atoms. The van der Waals surface area contributed by atoms with E-state index in [0.29, 0.717) is 11.4 Å². The van der Waals surface area contributed by atoms with Crippen molar-refractivity contribution in [2.75, 3.05) is 31.1 Å². The lowest BCUT2D eigenvalue weighted by molar-refractivity contribution is 0.584. The smallest absolute Gasteiger partial charge is 0.161 e.